The average molecular weight is 291 g/mol. The largest absolute Gasteiger partial charge is 0.489 e. The van der Waals surface area contributed by atoms with Crippen molar-refractivity contribution in [1.82, 2.24) is 4.57 Å². The first kappa shape index (κ1) is 12.6. The number of aromatic nitrogens is 1. The summed E-state index contributed by atoms with van der Waals surface area (Å²) < 4.78 is 46.6. The van der Waals surface area contributed by atoms with E-state index in [1.807, 2.05) is 30.3 Å². The normalized spacial score (nSPS) is 20.0. The van der Waals surface area contributed by atoms with E-state index in [1.165, 1.54) is 12.3 Å². The van der Waals surface area contributed by atoms with Crippen molar-refractivity contribution >= 4 is 0 Å². The topological polar surface area (TPSA) is 14.2 Å². The van der Waals surface area contributed by atoms with Gasteiger partial charge in [-0.3, -0.25) is 0 Å². The van der Waals surface area contributed by atoms with Crippen molar-refractivity contribution in [3.8, 4) is 5.75 Å². The Hall–Kier alpha value is -2.17. The average Bonchev–Trinajstić information content (AvgIpc) is 2.90. The second-order valence-electron chi connectivity index (χ2n) is 5.29. The third-order valence-electron chi connectivity index (χ3n) is 4.12. The van der Waals surface area contributed by atoms with E-state index in [4.69, 9.17) is 4.74 Å². The number of alkyl halides is 3. The lowest BCUT2D eigenvalue weighted by atomic mass is 9.91. The minimum atomic E-state index is -4.31. The zero-order valence-electron chi connectivity index (χ0n) is 11.0. The van der Waals surface area contributed by atoms with Crippen molar-refractivity contribution in [2.75, 3.05) is 6.61 Å². The quantitative estimate of drug-likeness (QED) is 0.670. The van der Waals surface area contributed by atoms with Gasteiger partial charge in [0.25, 0.3) is 0 Å². The Balaban J connectivity index is 1.90. The van der Waals surface area contributed by atoms with Crippen molar-refractivity contribution in [3.05, 3.63) is 65.0 Å². The maximum Gasteiger partial charge on any atom is 0.418 e. The highest BCUT2D eigenvalue weighted by Crippen LogP contribution is 2.43. The second-order valence-corrected chi connectivity index (χ2v) is 5.29. The number of halogens is 3. The number of fused-ring (bicyclic) bond motifs is 5. The summed E-state index contributed by atoms with van der Waals surface area (Å²) in [6, 6.07) is 8.50. The lowest BCUT2D eigenvalue weighted by Gasteiger charge is -2.34. The van der Waals surface area contributed by atoms with Crippen LogP contribution in [0.5, 0.6) is 5.75 Å². The van der Waals surface area contributed by atoms with Crippen LogP contribution >= 0.6 is 0 Å². The number of ether oxygens (including phenoxy) is 1. The fraction of sp³-hybridized carbons (Fsp3) is 0.250. The number of para-hydroxylation sites is 1. The van der Waals surface area contributed by atoms with Gasteiger partial charge in [-0.1, -0.05) is 24.3 Å². The number of hydrogen-bond donors (Lipinski definition) is 0. The first-order chi connectivity index (χ1) is 10.1. The fourth-order valence-corrected chi connectivity index (χ4v) is 3.20. The molecule has 0 aliphatic carbocycles. The molecule has 0 fully saturated rings. The predicted octanol–water partition coefficient (Wildman–Crippen LogP) is 3.97. The van der Waals surface area contributed by atoms with E-state index in [2.05, 4.69) is 0 Å². The summed E-state index contributed by atoms with van der Waals surface area (Å²) in [6.07, 6.45) is -0.612. The van der Waals surface area contributed by atoms with Gasteiger partial charge in [-0.15, -0.1) is 0 Å². The molecule has 21 heavy (non-hydrogen) atoms. The summed E-state index contributed by atoms with van der Waals surface area (Å²) >= 11 is 0. The standard InChI is InChI=1S/C16H12F3NO/c17-16(18,19)12-7-8-20-13(12)6-5-10-9-21-14-4-2-1-3-11(14)15(10)20/h1-5,7-8,15H,6,9H2. The van der Waals surface area contributed by atoms with Crippen LogP contribution in [0.25, 0.3) is 0 Å². The molecule has 2 aliphatic rings. The van der Waals surface area contributed by atoms with E-state index in [-0.39, 0.29) is 6.04 Å². The predicted molar refractivity (Wildman–Crippen MR) is 71.3 cm³/mol. The van der Waals surface area contributed by atoms with Crippen LogP contribution in [0.4, 0.5) is 13.2 Å². The molecule has 0 saturated carbocycles. The highest BCUT2D eigenvalue weighted by molar-refractivity contribution is 5.47. The molecule has 1 unspecified atom stereocenters. The molecule has 5 heteroatoms. The number of hydrogen-bond acceptors (Lipinski definition) is 1. The van der Waals surface area contributed by atoms with Gasteiger partial charge in [-0.05, 0) is 17.7 Å². The van der Waals surface area contributed by atoms with Crippen molar-refractivity contribution < 1.29 is 17.9 Å². The minimum Gasteiger partial charge on any atom is -0.489 e. The molecule has 4 rings (SSSR count). The molecular weight excluding hydrogens is 279 g/mol. The summed E-state index contributed by atoms with van der Waals surface area (Å²) in [6.45, 7) is 0.431. The van der Waals surface area contributed by atoms with E-state index in [0.29, 0.717) is 18.7 Å². The van der Waals surface area contributed by atoms with Gasteiger partial charge in [0.15, 0.2) is 0 Å². The van der Waals surface area contributed by atoms with Gasteiger partial charge in [0.1, 0.15) is 12.4 Å². The zero-order valence-corrected chi connectivity index (χ0v) is 11.0. The lowest BCUT2D eigenvalue weighted by molar-refractivity contribution is -0.138. The third-order valence-corrected chi connectivity index (χ3v) is 4.12. The summed E-state index contributed by atoms with van der Waals surface area (Å²) in [4.78, 5) is 0. The van der Waals surface area contributed by atoms with Gasteiger partial charge in [0.2, 0.25) is 0 Å². The molecule has 2 nitrogen and oxygen atoms in total. The molecule has 0 amide bonds. The van der Waals surface area contributed by atoms with E-state index in [9.17, 15) is 13.2 Å². The summed E-state index contributed by atoms with van der Waals surface area (Å²) in [5, 5.41) is 0. The van der Waals surface area contributed by atoms with Crippen LogP contribution < -0.4 is 4.74 Å². The zero-order chi connectivity index (χ0) is 14.6. The smallest absolute Gasteiger partial charge is 0.418 e. The fourth-order valence-electron chi connectivity index (χ4n) is 3.20. The summed E-state index contributed by atoms with van der Waals surface area (Å²) in [5.41, 5.74) is 1.72. The van der Waals surface area contributed by atoms with Crippen molar-refractivity contribution in [2.45, 2.75) is 18.6 Å². The number of nitrogens with zero attached hydrogens (tertiary/aromatic N) is 1. The van der Waals surface area contributed by atoms with Crippen LogP contribution in [-0.2, 0) is 12.6 Å². The molecule has 0 N–H and O–H groups in total. The molecular formula is C16H12F3NO. The van der Waals surface area contributed by atoms with Gasteiger partial charge in [0, 0.05) is 23.9 Å². The van der Waals surface area contributed by atoms with Crippen LogP contribution in [0.1, 0.15) is 22.9 Å². The Kier molecular flexibility index (Phi) is 2.49. The molecule has 0 bridgehead atoms. The molecule has 0 radical (unpaired) electrons. The Morgan fingerprint density at radius 3 is 2.76 bits per heavy atom. The molecule has 1 aromatic heterocycles. The highest BCUT2D eigenvalue weighted by atomic mass is 19.4. The Bertz CT molecular complexity index is 742. The van der Waals surface area contributed by atoms with Crippen LogP contribution in [0.2, 0.25) is 0 Å². The van der Waals surface area contributed by atoms with Gasteiger partial charge in [0.05, 0.1) is 11.6 Å². The minimum absolute atomic E-state index is 0.185. The van der Waals surface area contributed by atoms with Crippen molar-refractivity contribution in [1.29, 1.82) is 0 Å². The highest BCUT2D eigenvalue weighted by Gasteiger charge is 2.39. The third kappa shape index (κ3) is 1.80. The maximum absolute atomic E-state index is 13.1. The number of rotatable bonds is 0. The van der Waals surface area contributed by atoms with E-state index < -0.39 is 11.7 Å². The van der Waals surface area contributed by atoms with Gasteiger partial charge >= 0.3 is 6.18 Å². The molecule has 1 aromatic carbocycles. The molecule has 2 aromatic rings. The summed E-state index contributed by atoms with van der Waals surface area (Å²) in [5.74, 6) is 0.745. The molecule has 0 spiro atoms. The van der Waals surface area contributed by atoms with Gasteiger partial charge < -0.3 is 9.30 Å². The number of allylic oxidation sites excluding steroid dienone is 1. The van der Waals surface area contributed by atoms with E-state index in [0.717, 1.165) is 16.9 Å². The van der Waals surface area contributed by atoms with Crippen LogP contribution in [0.15, 0.2) is 48.2 Å². The van der Waals surface area contributed by atoms with Crippen molar-refractivity contribution in [2.24, 2.45) is 0 Å². The van der Waals surface area contributed by atoms with E-state index in [1.54, 1.807) is 4.57 Å². The van der Waals surface area contributed by atoms with Crippen LogP contribution in [0.3, 0.4) is 0 Å². The SMILES string of the molecule is FC(F)(F)c1ccn2c1CC=C1COc3ccccc3C12. The van der Waals surface area contributed by atoms with E-state index >= 15 is 0 Å². The van der Waals surface area contributed by atoms with Crippen LogP contribution in [0, 0.1) is 0 Å². The number of benzene rings is 1. The van der Waals surface area contributed by atoms with Gasteiger partial charge in [-0.2, -0.15) is 13.2 Å². The first-order valence-electron chi connectivity index (χ1n) is 6.73. The van der Waals surface area contributed by atoms with Crippen molar-refractivity contribution in [3.63, 3.8) is 0 Å². The summed E-state index contributed by atoms with van der Waals surface area (Å²) in [7, 11) is 0. The Morgan fingerprint density at radius 1 is 1.14 bits per heavy atom. The lowest BCUT2D eigenvalue weighted by Crippen LogP contribution is -2.27. The maximum atomic E-state index is 13.1. The van der Waals surface area contributed by atoms with Crippen LogP contribution in [-0.4, -0.2) is 11.2 Å². The monoisotopic (exact) mass is 291 g/mol. The van der Waals surface area contributed by atoms with Gasteiger partial charge in [-0.25, -0.2) is 0 Å². The first-order valence-corrected chi connectivity index (χ1v) is 6.73. The Morgan fingerprint density at radius 2 is 1.95 bits per heavy atom. The molecule has 2 aliphatic heterocycles. The molecule has 0 saturated heterocycles. The Labute approximate surface area is 119 Å². The molecule has 1 atom stereocenters. The molecule has 3 heterocycles. The molecule has 108 valence electrons. The second kappa shape index (κ2) is 4.16.